The number of carbonyl (C=O) groups excluding carboxylic acids is 2. The number of hydrogen-bond donors (Lipinski definition) is 0. The van der Waals surface area contributed by atoms with E-state index in [-0.39, 0.29) is 23.8 Å². The first-order valence-electron chi connectivity index (χ1n) is 9.89. The van der Waals surface area contributed by atoms with Gasteiger partial charge in [-0.25, -0.2) is 0 Å². The molecule has 3 nitrogen and oxygen atoms in total. The lowest BCUT2D eigenvalue weighted by Gasteiger charge is -2.47. The van der Waals surface area contributed by atoms with Crippen molar-refractivity contribution in [2.45, 2.75) is 44.2 Å². The Hall–Kier alpha value is -2.10. The zero-order valence-corrected chi connectivity index (χ0v) is 17.9. The van der Waals surface area contributed by atoms with Crippen molar-refractivity contribution in [3.63, 3.8) is 0 Å². The molecule has 1 heterocycles. The van der Waals surface area contributed by atoms with Crippen LogP contribution in [0.3, 0.4) is 0 Å². The molecule has 5 heteroatoms. The predicted molar refractivity (Wildman–Crippen MR) is 118 cm³/mol. The third-order valence-corrected chi connectivity index (χ3v) is 6.18. The molecule has 29 heavy (non-hydrogen) atoms. The van der Waals surface area contributed by atoms with E-state index in [9.17, 15) is 9.59 Å². The van der Waals surface area contributed by atoms with Gasteiger partial charge in [-0.1, -0.05) is 60.5 Å². The van der Waals surface area contributed by atoms with Crippen LogP contribution in [0.4, 0.5) is 0 Å². The Morgan fingerprint density at radius 2 is 1.86 bits per heavy atom. The summed E-state index contributed by atoms with van der Waals surface area (Å²) in [5, 5.41) is 1.29. The van der Waals surface area contributed by atoms with Crippen LogP contribution in [0.15, 0.2) is 61.2 Å². The summed E-state index contributed by atoms with van der Waals surface area (Å²) in [5.74, 6) is -0.206. The molecule has 1 aliphatic heterocycles. The van der Waals surface area contributed by atoms with Crippen molar-refractivity contribution in [1.29, 1.82) is 0 Å². The Balaban J connectivity index is 2.17. The van der Waals surface area contributed by atoms with Gasteiger partial charge in [-0.05, 0) is 54.7 Å². The first-order valence-corrected chi connectivity index (χ1v) is 10.6. The summed E-state index contributed by atoms with van der Waals surface area (Å²) < 4.78 is 0. The Bertz CT molecular complexity index is 881. The standard InChI is InChI=1S/C24H25Cl2NO2/c1-3-6-18-14-22(17-7-5-8-20(26)13-17)23(16-9-11-19(25)12-10-16)27(24(18)29)21(4-2)15-28/h3,5,7-13,15,18,21-23H,1,4,6,14H2,2H3/t18-,21?,22-,23?/m1/s1. The number of carbonyl (C=O) groups is 2. The molecule has 1 amide bonds. The quantitative estimate of drug-likeness (QED) is 0.386. The average Bonchev–Trinajstić information content (AvgIpc) is 2.72. The molecule has 0 saturated carbocycles. The van der Waals surface area contributed by atoms with E-state index in [0.717, 1.165) is 17.4 Å². The van der Waals surface area contributed by atoms with E-state index in [1.165, 1.54) is 0 Å². The van der Waals surface area contributed by atoms with Gasteiger partial charge >= 0.3 is 0 Å². The molecule has 4 atom stereocenters. The lowest BCUT2D eigenvalue weighted by Crippen LogP contribution is -2.52. The lowest BCUT2D eigenvalue weighted by molar-refractivity contribution is -0.148. The van der Waals surface area contributed by atoms with Crippen LogP contribution in [0.5, 0.6) is 0 Å². The van der Waals surface area contributed by atoms with Crippen molar-refractivity contribution in [3.8, 4) is 0 Å². The van der Waals surface area contributed by atoms with E-state index < -0.39 is 6.04 Å². The van der Waals surface area contributed by atoms with Crippen molar-refractivity contribution >= 4 is 35.4 Å². The highest BCUT2D eigenvalue weighted by molar-refractivity contribution is 6.30. The zero-order chi connectivity index (χ0) is 21.0. The fraction of sp³-hybridized carbons (Fsp3) is 0.333. The van der Waals surface area contributed by atoms with Crippen LogP contribution in [-0.2, 0) is 9.59 Å². The molecule has 2 unspecified atom stereocenters. The largest absolute Gasteiger partial charge is 0.325 e. The Kier molecular flexibility index (Phi) is 7.15. The second kappa shape index (κ2) is 9.60. The van der Waals surface area contributed by atoms with Gasteiger partial charge in [-0.3, -0.25) is 4.79 Å². The molecule has 2 aromatic carbocycles. The maximum atomic E-state index is 13.4. The van der Waals surface area contributed by atoms with Gasteiger partial charge in [0.1, 0.15) is 6.29 Å². The fourth-order valence-corrected chi connectivity index (χ4v) is 4.64. The lowest BCUT2D eigenvalue weighted by atomic mass is 9.74. The smallest absolute Gasteiger partial charge is 0.227 e. The maximum absolute atomic E-state index is 13.4. The van der Waals surface area contributed by atoms with Gasteiger partial charge < -0.3 is 9.69 Å². The van der Waals surface area contributed by atoms with E-state index in [1.807, 2.05) is 55.5 Å². The SMILES string of the molecule is C=CC[C@@H]1C[C@H](c2cccc(Cl)c2)C(c2ccc(Cl)cc2)N(C(C=O)CC)C1=O. The monoisotopic (exact) mass is 429 g/mol. The Labute approximate surface area is 182 Å². The number of hydrogen-bond acceptors (Lipinski definition) is 2. The number of amides is 1. The summed E-state index contributed by atoms with van der Waals surface area (Å²) in [6.07, 6.45) is 4.47. The molecular weight excluding hydrogens is 405 g/mol. The van der Waals surface area contributed by atoms with Gasteiger partial charge in [0.2, 0.25) is 5.91 Å². The molecule has 0 aliphatic carbocycles. The molecule has 1 fully saturated rings. The van der Waals surface area contributed by atoms with Gasteiger partial charge in [-0.15, -0.1) is 6.58 Å². The zero-order valence-electron chi connectivity index (χ0n) is 16.4. The van der Waals surface area contributed by atoms with Crippen LogP contribution in [-0.4, -0.2) is 23.1 Å². The van der Waals surface area contributed by atoms with Crippen molar-refractivity contribution in [3.05, 3.63) is 82.4 Å². The van der Waals surface area contributed by atoms with Crippen LogP contribution in [0.1, 0.15) is 49.3 Å². The molecule has 0 aromatic heterocycles. The number of nitrogens with zero attached hydrogens (tertiary/aromatic N) is 1. The number of benzene rings is 2. The Morgan fingerprint density at radius 1 is 1.14 bits per heavy atom. The summed E-state index contributed by atoms with van der Waals surface area (Å²) in [6, 6.07) is 14.5. The van der Waals surface area contributed by atoms with Crippen LogP contribution in [0.25, 0.3) is 0 Å². The third kappa shape index (κ3) is 4.57. The highest BCUT2D eigenvalue weighted by Gasteiger charge is 2.45. The number of piperidine rings is 1. The minimum atomic E-state index is -0.488. The summed E-state index contributed by atoms with van der Waals surface area (Å²) in [5.41, 5.74) is 2.02. The van der Waals surface area contributed by atoms with E-state index in [1.54, 1.807) is 11.0 Å². The van der Waals surface area contributed by atoms with Gasteiger partial charge in [0.15, 0.2) is 0 Å². The molecule has 0 spiro atoms. The van der Waals surface area contributed by atoms with Crippen LogP contribution in [0.2, 0.25) is 10.0 Å². The van der Waals surface area contributed by atoms with Gasteiger partial charge in [0.05, 0.1) is 12.1 Å². The molecule has 2 aromatic rings. The number of allylic oxidation sites excluding steroid dienone is 1. The number of aldehydes is 1. The molecule has 1 saturated heterocycles. The van der Waals surface area contributed by atoms with Crippen LogP contribution >= 0.6 is 23.2 Å². The summed E-state index contributed by atoms with van der Waals surface area (Å²) in [4.78, 5) is 27.1. The van der Waals surface area contributed by atoms with Crippen molar-refractivity contribution < 1.29 is 9.59 Å². The molecule has 3 rings (SSSR count). The second-order valence-corrected chi connectivity index (χ2v) is 8.34. The number of likely N-dealkylation sites (tertiary alicyclic amines) is 1. The first kappa shape index (κ1) is 21.6. The predicted octanol–water partition coefficient (Wildman–Crippen LogP) is 6.22. The molecule has 0 bridgehead atoms. The van der Waals surface area contributed by atoms with Crippen LogP contribution < -0.4 is 0 Å². The minimum absolute atomic E-state index is 0.00192. The number of halogens is 2. The van der Waals surface area contributed by atoms with Crippen LogP contribution in [0, 0.1) is 5.92 Å². The third-order valence-electron chi connectivity index (χ3n) is 5.70. The van der Waals surface area contributed by atoms with E-state index in [2.05, 4.69) is 6.58 Å². The van der Waals surface area contributed by atoms with Crippen molar-refractivity contribution in [1.82, 2.24) is 4.90 Å². The molecule has 0 N–H and O–H groups in total. The van der Waals surface area contributed by atoms with Gasteiger partial charge in [0, 0.05) is 21.9 Å². The Morgan fingerprint density at radius 3 is 2.45 bits per heavy atom. The first-order chi connectivity index (χ1) is 14.0. The topological polar surface area (TPSA) is 37.4 Å². The minimum Gasteiger partial charge on any atom is -0.325 e. The van der Waals surface area contributed by atoms with Gasteiger partial charge in [0.25, 0.3) is 0 Å². The highest BCUT2D eigenvalue weighted by atomic mass is 35.5. The highest BCUT2D eigenvalue weighted by Crippen LogP contribution is 2.47. The molecule has 152 valence electrons. The normalized spacial score (nSPS) is 22.9. The summed E-state index contributed by atoms with van der Waals surface area (Å²) >= 11 is 12.4. The summed E-state index contributed by atoms with van der Waals surface area (Å²) in [6.45, 7) is 5.75. The molecule has 0 radical (unpaired) electrons. The fourth-order valence-electron chi connectivity index (χ4n) is 4.31. The molecular formula is C24H25Cl2NO2. The van der Waals surface area contributed by atoms with Gasteiger partial charge in [-0.2, -0.15) is 0 Å². The maximum Gasteiger partial charge on any atom is 0.227 e. The summed E-state index contributed by atoms with van der Waals surface area (Å²) in [7, 11) is 0. The number of rotatable bonds is 7. The van der Waals surface area contributed by atoms with Crippen molar-refractivity contribution in [2.24, 2.45) is 5.92 Å². The second-order valence-electron chi connectivity index (χ2n) is 7.47. The average molecular weight is 430 g/mol. The van der Waals surface area contributed by atoms with Crippen molar-refractivity contribution in [2.75, 3.05) is 0 Å². The van der Waals surface area contributed by atoms with E-state index in [0.29, 0.717) is 29.3 Å². The molecule has 1 aliphatic rings. The van der Waals surface area contributed by atoms with E-state index >= 15 is 0 Å². The van der Waals surface area contributed by atoms with E-state index in [4.69, 9.17) is 23.2 Å².